The summed E-state index contributed by atoms with van der Waals surface area (Å²) < 4.78 is 1.11. The molecule has 0 spiro atoms. The maximum absolute atomic E-state index is 6.02. The van der Waals surface area contributed by atoms with Gasteiger partial charge in [-0.3, -0.25) is 5.10 Å². The molecule has 2 unspecified atom stereocenters. The fraction of sp³-hybridized carbons (Fsp3) is 0.229. The van der Waals surface area contributed by atoms with E-state index in [0.717, 1.165) is 46.0 Å². The Kier molecular flexibility index (Phi) is 12.7. The van der Waals surface area contributed by atoms with E-state index in [2.05, 4.69) is 110 Å². The van der Waals surface area contributed by atoms with Crippen LogP contribution in [0.4, 0.5) is 0 Å². The van der Waals surface area contributed by atoms with Gasteiger partial charge in [-0.25, -0.2) is 0 Å². The number of H-pyrrole nitrogens is 1. The Bertz CT molecular complexity index is 1410. The third-order valence-corrected chi connectivity index (χ3v) is 8.36. The highest BCUT2D eigenvalue weighted by Gasteiger charge is 2.15. The summed E-state index contributed by atoms with van der Waals surface area (Å²) in [6, 6.07) is 33.6. The Morgan fingerprint density at radius 3 is 1.40 bits per heavy atom. The second kappa shape index (κ2) is 16.6. The standard InChI is InChI=1S/C19H20ClN3.C16H17BrClN/c1-21-11-10-19(16-6-8-18(20)9-7-16)15-4-2-14(3-5-15)17-12-22-23-13-17;1-19-11-10-16(12-2-6-14(17)7-3-12)13-4-8-15(18)9-5-13/h2-9,12-13,19,21H,10-11H2,1H3,(H,22,23);2-9,16,19H,10-11H2,1H3. The number of hydrogen-bond donors (Lipinski definition) is 3. The molecule has 0 saturated heterocycles. The molecule has 2 atom stereocenters. The molecule has 0 aliphatic carbocycles. The number of rotatable bonds is 11. The van der Waals surface area contributed by atoms with E-state index < -0.39 is 0 Å². The van der Waals surface area contributed by atoms with E-state index in [1.807, 2.05) is 50.8 Å². The number of aromatic nitrogens is 2. The van der Waals surface area contributed by atoms with Crippen LogP contribution in [0.5, 0.6) is 0 Å². The van der Waals surface area contributed by atoms with Crippen molar-refractivity contribution in [3.8, 4) is 11.1 Å². The first-order chi connectivity index (χ1) is 20.5. The van der Waals surface area contributed by atoms with Crippen LogP contribution in [-0.2, 0) is 0 Å². The lowest BCUT2D eigenvalue weighted by atomic mass is 9.88. The van der Waals surface area contributed by atoms with Crippen molar-refractivity contribution in [2.75, 3.05) is 27.2 Å². The van der Waals surface area contributed by atoms with Gasteiger partial charge in [-0.15, -0.1) is 0 Å². The van der Waals surface area contributed by atoms with Gasteiger partial charge in [0.2, 0.25) is 0 Å². The lowest BCUT2D eigenvalue weighted by Gasteiger charge is -2.18. The van der Waals surface area contributed by atoms with Crippen LogP contribution in [0.25, 0.3) is 11.1 Å². The summed E-state index contributed by atoms with van der Waals surface area (Å²) in [6.45, 7) is 1.96. The van der Waals surface area contributed by atoms with Gasteiger partial charge in [0.05, 0.1) is 6.20 Å². The minimum atomic E-state index is 0.359. The van der Waals surface area contributed by atoms with Crippen LogP contribution < -0.4 is 10.6 Å². The van der Waals surface area contributed by atoms with Crippen molar-refractivity contribution in [3.05, 3.63) is 146 Å². The molecule has 0 aliphatic heterocycles. The molecule has 0 saturated carbocycles. The quantitative estimate of drug-likeness (QED) is 0.132. The summed E-state index contributed by atoms with van der Waals surface area (Å²) in [5.74, 6) is 0.760. The molecule has 4 nitrogen and oxygen atoms in total. The van der Waals surface area contributed by atoms with Gasteiger partial charge in [-0.05, 0) is 104 Å². The first-order valence-electron chi connectivity index (χ1n) is 14.1. The van der Waals surface area contributed by atoms with Crippen LogP contribution in [0.2, 0.25) is 10.0 Å². The largest absolute Gasteiger partial charge is 0.320 e. The zero-order chi connectivity index (χ0) is 29.7. The normalized spacial score (nSPS) is 12.3. The third-order valence-electron chi connectivity index (χ3n) is 7.33. The number of hydrogen-bond acceptors (Lipinski definition) is 3. The molecule has 0 aliphatic rings. The first-order valence-corrected chi connectivity index (χ1v) is 15.7. The number of benzene rings is 4. The molecule has 1 heterocycles. The van der Waals surface area contributed by atoms with E-state index >= 15 is 0 Å². The smallest absolute Gasteiger partial charge is 0.0565 e. The molecule has 0 fully saturated rings. The van der Waals surface area contributed by atoms with E-state index in [-0.39, 0.29) is 0 Å². The van der Waals surface area contributed by atoms with Gasteiger partial charge in [-0.1, -0.05) is 99.8 Å². The topological polar surface area (TPSA) is 52.7 Å². The van der Waals surface area contributed by atoms with Gasteiger partial charge in [0.25, 0.3) is 0 Å². The number of halogens is 3. The average molecular weight is 665 g/mol. The van der Waals surface area contributed by atoms with E-state index in [9.17, 15) is 0 Å². The molecule has 4 aromatic carbocycles. The lowest BCUT2D eigenvalue weighted by molar-refractivity contribution is 0.661. The Morgan fingerprint density at radius 1 is 0.619 bits per heavy atom. The fourth-order valence-electron chi connectivity index (χ4n) is 5.03. The van der Waals surface area contributed by atoms with Crippen molar-refractivity contribution in [1.82, 2.24) is 20.8 Å². The van der Waals surface area contributed by atoms with E-state index in [1.165, 1.54) is 27.8 Å². The van der Waals surface area contributed by atoms with Crippen molar-refractivity contribution in [1.29, 1.82) is 0 Å². The van der Waals surface area contributed by atoms with Gasteiger partial charge in [-0.2, -0.15) is 5.10 Å². The molecule has 1 aromatic heterocycles. The van der Waals surface area contributed by atoms with Gasteiger partial charge in [0.15, 0.2) is 0 Å². The summed E-state index contributed by atoms with van der Waals surface area (Å²) in [7, 11) is 3.97. The third kappa shape index (κ3) is 9.29. The highest BCUT2D eigenvalue weighted by atomic mass is 79.9. The Balaban J connectivity index is 0.000000197. The van der Waals surface area contributed by atoms with Gasteiger partial charge in [0.1, 0.15) is 0 Å². The van der Waals surface area contributed by atoms with Gasteiger partial charge < -0.3 is 10.6 Å². The fourth-order valence-corrected chi connectivity index (χ4v) is 5.55. The van der Waals surface area contributed by atoms with Crippen molar-refractivity contribution in [3.63, 3.8) is 0 Å². The van der Waals surface area contributed by atoms with E-state index in [4.69, 9.17) is 23.2 Å². The number of nitrogens with one attached hydrogen (secondary N) is 3. The molecule has 42 heavy (non-hydrogen) atoms. The molecular formula is C35H37BrCl2N4. The summed E-state index contributed by atoms with van der Waals surface area (Å²) in [5, 5.41) is 14.9. The van der Waals surface area contributed by atoms with Crippen molar-refractivity contribution < 1.29 is 0 Å². The maximum atomic E-state index is 6.02. The summed E-state index contributed by atoms with van der Waals surface area (Å²) >= 11 is 15.5. The zero-order valence-electron chi connectivity index (χ0n) is 24.0. The number of nitrogens with zero attached hydrogens (tertiary/aromatic N) is 1. The predicted molar refractivity (Wildman–Crippen MR) is 182 cm³/mol. The SMILES string of the molecule is CNCCC(c1ccc(Cl)cc1)c1ccc(-c2cn[nH]c2)cc1.CNCCC(c1ccc(Cl)cc1)c1ccc(Br)cc1. The Labute approximate surface area is 268 Å². The molecule has 0 amide bonds. The summed E-state index contributed by atoms with van der Waals surface area (Å²) in [4.78, 5) is 0. The first kappa shape index (κ1) is 32.0. The maximum Gasteiger partial charge on any atom is 0.0565 e. The molecule has 3 N–H and O–H groups in total. The second-order valence-corrected chi connectivity index (χ2v) is 11.9. The van der Waals surface area contributed by atoms with Crippen LogP contribution in [0.3, 0.4) is 0 Å². The van der Waals surface area contributed by atoms with Crippen molar-refractivity contribution >= 4 is 39.1 Å². The van der Waals surface area contributed by atoms with Crippen LogP contribution in [-0.4, -0.2) is 37.4 Å². The van der Waals surface area contributed by atoms with Crippen molar-refractivity contribution in [2.24, 2.45) is 0 Å². The minimum absolute atomic E-state index is 0.359. The average Bonchev–Trinajstić information content (AvgIpc) is 3.56. The predicted octanol–water partition coefficient (Wildman–Crippen LogP) is 9.32. The van der Waals surface area contributed by atoms with Crippen LogP contribution in [0, 0.1) is 0 Å². The molecule has 0 radical (unpaired) electrons. The summed E-state index contributed by atoms with van der Waals surface area (Å²) in [5.41, 5.74) is 7.53. The van der Waals surface area contributed by atoms with Crippen LogP contribution in [0.1, 0.15) is 46.9 Å². The highest BCUT2D eigenvalue weighted by molar-refractivity contribution is 9.10. The molecule has 218 valence electrons. The van der Waals surface area contributed by atoms with Crippen LogP contribution >= 0.6 is 39.1 Å². The molecular weight excluding hydrogens is 627 g/mol. The van der Waals surface area contributed by atoms with Gasteiger partial charge >= 0.3 is 0 Å². The second-order valence-electron chi connectivity index (χ2n) is 10.2. The molecule has 5 aromatic rings. The lowest BCUT2D eigenvalue weighted by Crippen LogP contribution is -2.13. The Hall–Kier alpha value is -2.93. The van der Waals surface area contributed by atoms with Gasteiger partial charge in [0, 0.05) is 38.1 Å². The van der Waals surface area contributed by atoms with Crippen molar-refractivity contribution in [2.45, 2.75) is 24.7 Å². The van der Waals surface area contributed by atoms with E-state index in [1.54, 1.807) is 0 Å². The molecule has 7 heteroatoms. The molecule has 0 bridgehead atoms. The monoisotopic (exact) mass is 662 g/mol. The number of aromatic amines is 1. The van der Waals surface area contributed by atoms with Crippen LogP contribution in [0.15, 0.2) is 114 Å². The molecule has 5 rings (SSSR count). The zero-order valence-corrected chi connectivity index (χ0v) is 27.1. The highest BCUT2D eigenvalue weighted by Crippen LogP contribution is 2.31. The minimum Gasteiger partial charge on any atom is -0.320 e. The summed E-state index contributed by atoms with van der Waals surface area (Å²) in [6.07, 6.45) is 5.86. The van der Waals surface area contributed by atoms with E-state index in [0.29, 0.717) is 11.8 Å². The Morgan fingerprint density at radius 2 is 1.02 bits per heavy atom.